The van der Waals surface area contributed by atoms with Crippen LogP contribution in [0.4, 0.5) is 4.39 Å². The summed E-state index contributed by atoms with van der Waals surface area (Å²) in [6, 6.07) is 6.72. The predicted molar refractivity (Wildman–Crippen MR) is 83.7 cm³/mol. The molecule has 0 spiro atoms. The summed E-state index contributed by atoms with van der Waals surface area (Å²) in [5.41, 5.74) is 1.67. The molecule has 0 radical (unpaired) electrons. The second kappa shape index (κ2) is 5.52. The molecule has 1 aliphatic rings. The molecule has 0 saturated heterocycles. The maximum atomic E-state index is 13.9. The molecule has 4 rings (SSSR count). The lowest BCUT2D eigenvalue weighted by Gasteiger charge is -2.07. The number of fused-ring (bicyclic) bond motifs is 1. The highest BCUT2D eigenvalue weighted by molar-refractivity contribution is 7.98. The van der Waals surface area contributed by atoms with E-state index in [-0.39, 0.29) is 5.82 Å². The number of hydrogen-bond acceptors (Lipinski definition) is 4. The van der Waals surface area contributed by atoms with Crippen LogP contribution in [-0.4, -0.2) is 19.6 Å². The Kier molecular flexibility index (Phi) is 3.50. The van der Waals surface area contributed by atoms with E-state index in [1.165, 1.54) is 36.4 Å². The topological polar surface area (TPSA) is 43.1 Å². The van der Waals surface area contributed by atoms with Crippen LogP contribution in [0.15, 0.2) is 35.6 Å². The van der Waals surface area contributed by atoms with Gasteiger partial charge < -0.3 is 0 Å². The maximum absolute atomic E-state index is 13.9. The number of rotatable bonds is 4. The lowest BCUT2D eigenvalue weighted by atomic mass is 10.2. The van der Waals surface area contributed by atoms with Gasteiger partial charge in [0.2, 0.25) is 0 Å². The van der Waals surface area contributed by atoms with Crippen LogP contribution in [0.2, 0.25) is 5.02 Å². The molecule has 1 aliphatic carbocycles. The van der Waals surface area contributed by atoms with E-state index in [1.54, 1.807) is 18.3 Å². The van der Waals surface area contributed by atoms with Crippen LogP contribution < -0.4 is 0 Å². The molecule has 1 aromatic carbocycles. The highest BCUT2D eigenvalue weighted by Gasteiger charge is 2.27. The molecule has 1 fully saturated rings. The molecule has 22 heavy (non-hydrogen) atoms. The number of halogens is 2. The minimum absolute atomic E-state index is 0.297. The summed E-state index contributed by atoms with van der Waals surface area (Å²) in [5, 5.41) is 9.45. The van der Waals surface area contributed by atoms with Gasteiger partial charge in [-0.1, -0.05) is 29.4 Å². The fourth-order valence-corrected chi connectivity index (χ4v) is 3.72. The molecule has 0 unspecified atom stereocenters. The third-order valence-electron chi connectivity index (χ3n) is 3.71. The first kappa shape index (κ1) is 14.0. The van der Waals surface area contributed by atoms with Gasteiger partial charge in [0, 0.05) is 28.2 Å². The average molecular weight is 335 g/mol. The fourth-order valence-electron chi connectivity index (χ4n) is 2.42. The SMILES string of the molecule is Fc1cccc(Cl)c1CSc1nnc2nccc(C3CC3)n12. The van der Waals surface area contributed by atoms with Crippen LogP contribution in [0.1, 0.15) is 30.0 Å². The monoisotopic (exact) mass is 334 g/mol. The first-order valence-electron chi connectivity index (χ1n) is 7.00. The average Bonchev–Trinajstić information content (AvgIpc) is 3.27. The Morgan fingerprint density at radius 1 is 1.27 bits per heavy atom. The molecule has 4 nitrogen and oxygen atoms in total. The quantitative estimate of drug-likeness (QED) is 0.674. The van der Waals surface area contributed by atoms with Gasteiger partial charge in [-0.15, -0.1) is 10.2 Å². The van der Waals surface area contributed by atoms with Gasteiger partial charge in [0.1, 0.15) is 5.82 Å². The summed E-state index contributed by atoms with van der Waals surface area (Å²) in [6.07, 6.45) is 4.13. The van der Waals surface area contributed by atoms with Crippen LogP contribution in [0.25, 0.3) is 5.78 Å². The Morgan fingerprint density at radius 3 is 2.91 bits per heavy atom. The van der Waals surface area contributed by atoms with Gasteiger partial charge >= 0.3 is 0 Å². The zero-order chi connectivity index (χ0) is 15.1. The molecule has 0 aliphatic heterocycles. The number of nitrogens with zero attached hydrogens (tertiary/aromatic N) is 4. The van der Waals surface area contributed by atoms with E-state index in [4.69, 9.17) is 11.6 Å². The van der Waals surface area contributed by atoms with Crippen molar-refractivity contribution in [2.75, 3.05) is 0 Å². The maximum Gasteiger partial charge on any atom is 0.255 e. The summed E-state index contributed by atoms with van der Waals surface area (Å²) in [5.74, 6) is 1.25. The van der Waals surface area contributed by atoms with Crippen LogP contribution in [0.3, 0.4) is 0 Å². The van der Waals surface area contributed by atoms with Crippen molar-refractivity contribution in [3.63, 3.8) is 0 Å². The van der Waals surface area contributed by atoms with Crippen molar-refractivity contribution in [2.45, 2.75) is 29.7 Å². The molecule has 2 heterocycles. The first-order chi connectivity index (χ1) is 10.7. The Hall–Kier alpha value is -1.66. The lowest BCUT2D eigenvalue weighted by Crippen LogP contribution is -1.99. The Balaban J connectivity index is 1.67. The molecule has 0 atom stereocenters. The fraction of sp³-hybridized carbons (Fsp3) is 0.267. The summed E-state index contributed by atoms with van der Waals surface area (Å²) >= 11 is 7.49. The molecular formula is C15H12ClFN4S. The van der Waals surface area contributed by atoms with E-state index >= 15 is 0 Å². The van der Waals surface area contributed by atoms with E-state index in [1.807, 2.05) is 10.5 Å². The van der Waals surface area contributed by atoms with E-state index in [0.717, 1.165) is 5.16 Å². The summed E-state index contributed by atoms with van der Waals surface area (Å²) in [4.78, 5) is 4.24. The Bertz CT molecular complexity index is 826. The van der Waals surface area contributed by atoms with Gasteiger partial charge in [-0.05, 0) is 37.0 Å². The van der Waals surface area contributed by atoms with Gasteiger partial charge in [-0.25, -0.2) is 9.37 Å². The predicted octanol–water partition coefficient (Wildman–Crippen LogP) is 4.09. The number of benzene rings is 1. The van der Waals surface area contributed by atoms with E-state index < -0.39 is 0 Å². The Labute approximate surface area is 135 Å². The van der Waals surface area contributed by atoms with Crippen molar-refractivity contribution in [3.05, 3.63) is 52.6 Å². The summed E-state index contributed by atoms with van der Waals surface area (Å²) < 4.78 is 15.8. The van der Waals surface area contributed by atoms with Crippen LogP contribution in [0, 0.1) is 5.82 Å². The summed E-state index contributed by atoms with van der Waals surface area (Å²) in [7, 11) is 0. The standard InChI is InChI=1S/C15H12ClFN4S/c16-11-2-1-3-12(17)10(11)8-22-15-20-19-14-18-7-6-13(21(14)15)9-4-5-9/h1-3,6-7,9H,4-5,8H2. The third kappa shape index (κ3) is 2.46. The van der Waals surface area contributed by atoms with Crippen LogP contribution in [-0.2, 0) is 5.75 Å². The van der Waals surface area contributed by atoms with Crippen molar-refractivity contribution >= 4 is 29.1 Å². The van der Waals surface area contributed by atoms with Gasteiger partial charge in [-0.3, -0.25) is 4.40 Å². The van der Waals surface area contributed by atoms with E-state index in [2.05, 4.69) is 15.2 Å². The number of thioether (sulfide) groups is 1. The van der Waals surface area contributed by atoms with Gasteiger partial charge in [0.15, 0.2) is 5.16 Å². The molecule has 0 bridgehead atoms. The number of aromatic nitrogens is 4. The van der Waals surface area contributed by atoms with E-state index in [0.29, 0.717) is 28.0 Å². The zero-order valence-electron chi connectivity index (χ0n) is 11.5. The molecule has 2 aromatic heterocycles. The minimum Gasteiger partial charge on any atom is -0.258 e. The van der Waals surface area contributed by atoms with Crippen LogP contribution in [0.5, 0.6) is 0 Å². The lowest BCUT2D eigenvalue weighted by molar-refractivity contribution is 0.617. The van der Waals surface area contributed by atoms with Crippen molar-refractivity contribution in [1.82, 2.24) is 19.6 Å². The van der Waals surface area contributed by atoms with Gasteiger partial charge in [-0.2, -0.15) is 0 Å². The first-order valence-corrected chi connectivity index (χ1v) is 8.36. The smallest absolute Gasteiger partial charge is 0.255 e. The third-order valence-corrected chi connectivity index (χ3v) is 5.02. The molecular weight excluding hydrogens is 323 g/mol. The molecule has 3 aromatic rings. The van der Waals surface area contributed by atoms with Crippen molar-refractivity contribution in [3.8, 4) is 0 Å². The molecule has 1 saturated carbocycles. The van der Waals surface area contributed by atoms with Gasteiger partial charge in [0.05, 0.1) is 0 Å². The number of hydrogen-bond donors (Lipinski definition) is 0. The second-order valence-corrected chi connectivity index (χ2v) is 6.60. The van der Waals surface area contributed by atoms with Crippen LogP contribution >= 0.6 is 23.4 Å². The van der Waals surface area contributed by atoms with Crippen molar-refractivity contribution < 1.29 is 4.39 Å². The Morgan fingerprint density at radius 2 is 2.14 bits per heavy atom. The molecule has 0 amide bonds. The molecule has 112 valence electrons. The largest absolute Gasteiger partial charge is 0.258 e. The zero-order valence-corrected chi connectivity index (χ0v) is 13.1. The molecule has 7 heteroatoms. The van der Waals surface area contributed by atoms with Gasteiger partial charge in [0.25, 0.3) is 5.78 Å². The normalized spacial score (nSPS) is 14.6. The van der Waals surface area contributed by atoms with E-state index in [9.17, 15) is 4.39 Å². The highest BCUT2D eigenvalue weighted by Crippen LogP contribution is 2.40. The summed E-state index contributed by atoms with van der Waals surface area (Å²) in [6.45, 7) is 0. The highest BCUT2D eigenvalue weighted by atomic mass is 35.5. The second-order valence-electron chi connectivity index (χ2n) is 5.25. The van der Waals surface area contributed by atoms with Crippen molar-refractivity contribution in [1.29, 1.82) is 0 Å². The molecule has 0 N–H and O–H groups in total. The van der Waals surface area contributed by atoms with Crippen molar-refractivity contribution in [2.24, 2.45) is 0 Å². The minimum atomic E-state index is -0.297.